The molecule has 1 amide bonds. The van der Waals surface area contributed by atoms with Gasteiger partial charge in [0.05, 0.1) is 25.9 Å². The van der Waals surface area contributed by atoms with Gasteiger partial charge in [0, 0.05) is 24.7 Å². The Morgan fingerprint density at radius 3 is 2.44 bits per heavy atom. The molecule has 1 heterocycles. The summed E-state index contributed by atoms with van der Waals surface area (Å²) in [6.07, 6.45) is -1.15. The second-order valence-electron chi connectivity index (χ2n) is 5.98. The fourth-order valence-electron chi connectivity index (χ4n) is 2.80. The molecular weight excluding hydrogens is 353 g/mol. The van der Waals surface area contributed by atoms with Crippen molar-refractivity contribution in [3.63, 3.8) is 0 Å². The Labute approximate surface area is 156 Å². The number of amides is 1. The summed E-state index contributed by atoms with van der Waals surface area (Å²) in [4.78, 5) is 27.1. The molecule has 6 nitrogen and oxygen atoms in total. The van der Waals surface area contributed by atoms with E-state index in [0.717, 1.165) is 6.07 Å². The normalized spacial score (nSPS) is 15.1. The Morgan fingerprint density at radius 2 is 1.81 bits per heavy atom. The molecule has 0 saturated carbocycles. The minimum absolute atomic E-state index is 0.258. The molecule has 0 N–H and O–H groups in total. The largest absolute Gasteiger partial charge is 0.497 e. The van der Waals surface area contributed by atoms with Crippen LogP contribution < -0.4 is 4.74 Å². The summed E-state index contributed by atoms with van der Waals surface area (Å²) < 4.78 is 29.8. The second kappa shape index (κ2) is 8.64. The van der Waals surface area contributed by atoms with Gasteiger partial charge in [-0.2, -0.15) is 0 Å². The molecule has 0 aliphatic carbocycles. The van der Waals surface area contributed by atoms with Crippen molar-refractivity contribution in [2.45, 2.75) is 6.10 Å². The zero-order valence-electron chi connectivity index (χ0n) is 14.9. The number of rotatable bonds is 5. The third kappa shape index (κ3) is 4.43. The van der Waals surface area contributed by atoms with Crippen LogP contribution in [0.4, 0.5) is 4.39 Å². The lowest BCUT2D eigenvalue weighted by molar-refractivity contribution is -0.145. The molecule has 0 unspecified atom stereocenters. The number of hydrogen-bond donors (Lipinski definition) is 0. The Bertz CT molecular complexity index is 805. The molecule has 0 radical (unpaired) electrons. The summed E-state index contributed by atoms with van der Waals surface area (Å²) in [5.74, 6) is -1.75. The molecule has 1 atom stereocenters. The Kier molecular flexibility index (Phi) is 6.03. The molecule has 27 heavy (non-hydrogen) atoms. The molecule has 1 saturated heterocycles. The lowest BCUT2D eigenvalue weighted by Gasteiger charge is -2.30. The quantitative estimate of drug-likeness (QED) is 0.754. The third-order valence-electron chi connectivity index (χ3n) is 4.27. The second-order valence-corrected chi connectivity index (χ2v) is 5.98. The minimum Gasteiger partial charge on any atom is -0.497 e. The van der Waals surface area contributed by atoms with E-state index in [2.05, 4.69) is 0 Å². The first-order valence-electron chi connectivity index (χ1n) is 8.56. The summed E-state index contributed by atoms with van der Waals surface area (Å²) in [5.41, 5.74) is 0.266. The van der Waals surface area contributed by atoms with Crippen LogP contribution in [0.25, 0.3) is 0 Å². The number of esters is 1. The summed E-state index contributed by atoms with van der Waals surface area (Å²) in [5, 5.41) is 0. The predicted octanol–water partition coefficient (Wildman–Crippen LogP) is 2.59. The molecule has 3 rings (SSSR count). The van der Waals surface area contributed by atoms with Crippen LogP contribution in [0, 0.1) is 5.82 Å². The van der Waals surface area contributed by atoms with E-state index in [9.17, 15) is 14.0 Å². The third-order valence-corrected chi connectivity index (χ3v) is 4.27. The average molecular weight is 373 g/mol. The van der Waals surface area contributed by atoms with E-state index in [4.69, 9.17) is 14.2 Å². The van der Waals surface area contributed by atoms with E-state index in [1.54, 1.807) is 35.2 Å². The minimum atomic E-state index is -1.15. The smallest absolute Gasteiger partial charge is 0.342 e. The first-order chi connectivity index (χ1) is 13.1. The van der Waals surface area contributed by atoms with Crippen molar-refractivity contribution in [3.8, 4) is 5.75 Å². The number of carbonyl (C=O) groups excluding carboxylic acids is 2. The predicted molar refractivity (Wildman–Crippen MR) is 94.9 cm³/mol. The van der Waals surface area contributed by atoms with Gasteiger partial charge in [0.2, 0.25) is 6.10 Å². The van der Waals surface area contributed by atoms with E-state index >= 15 is 0 Å². The van der Waals surface area contributed by atoms with Gasteiger partial charge < -0.3 is 19.1 Å². The molecule has 0 spiro atoms. The average Bonchev–Trinajstić information content (AvgIpc) is 2.72. The van der Waals surface area contributed by atoms with Gasteiger partial charge in [0.1, 0.15) is 11.6 Å². The van der Waals surface area contributed by atoms with Crippen LogP contribution in [0.5, 0.6) is 5.75 Å². The van der Waals surface area contributed by atoms with Gasteiger partial charge in [-0.3, -0.25) is 4.79 Å². The lowest BCUT2D eigenvalue weighted by atomic mass is 10.1. The SMILES string of the molecule is COc1ccc(C(=O)O[C@H](C(=O)N2CCOCC2)c2ccccc2)c(F)c1. The van der Waals surface area contributed by atoms with Crippen molar-refractivity contribution >= 4 is 11.9 Å². The monoisotopic (exact) mass is 373 g/mol. The highest BCUT2D eigenvalue weighted by atomic mass is 19.1. The number of methoxy groups -OCH3 is 1. The summed E-state index contributed by atoms with van der Waals surface area (Å²) in [6.45, 7) is 1.68. The van der Waals surface area contributed by atoms with Crippen molar-refractivity contribution < 1.29 is 28.2 Å². The number of carbonyl (C=O) groups is 2. The van der Waals surface area contributed by atoms with Crippen LogP contribution in [-0.4, -0.2) is 50.2 Å². The molecule has 0 aromatic heterocycles. The summed E-state index contributed by atoms with van der Waals surface area (Å²) in [7, 11) is 1.40. The molecular formula is C20H20FNO5. The van der Waals surface area contributed by atoms with Crippen molar-refractivity contribution in [1.29, 1.82) is 0 Å². The zero-order chi connectivity index (χ0) is 19.2. The molecule has 2 aromatic carbocycles. The highest BCUT2D eigenvalue weighted by Gasteiger charge is 2.31. The molecule has 2 aromatic rings. The molecule has 142 valence electrons. The van der Waals surface area contributed by atoms with E-state index < -0.39 is 17.9 Å². The maximum absolute atomic E-state index is 14.2. The first-order valence-corrected chi connectivity index (χ1v) is 8.56. The van der Waals surface area contributed by atoms with E-state index in [1.165, 1.54) is 19.2 Å². The maximum atomic E-state index is 14.2. The fraction of sp³-hybridized carbons (Fsp3) is 0.300. The van der Waals surface area contributed by atoms with Crippen molar-refractivity contribution in [2.24, 2.45) is 0 Å². The maximum Gasteiger partial charge on any atom is 0.342 e. The number of benzene rings is 2. The highest BCUT2D eigenvalue weighted by molar-refractivity contribution is 5.93. The van der Waals surface area contributed by atoms with Gasteiger partial charge in [-0.05, 0) is 12.1 Å². The highest BCUT2D eigenvalue weighted by Crippen LogP contribution is 2.24. The Morgan fingerprint density at radius 1 is 1.11 bits per heavy atom. The Hall–Kier alpha value is -2.93. The van der Waals surface area contributed by atoms with Crippen LogP contribution in [0.1, 0.15) is 22.0 Å². The van der Waals surface area contributed by atoms with Gasteiger partial charge >= 0.3 is 5.97 Å². The molecule has 7 heteroatoms. The van der Waals surface area contributed by atoms with Gasteiger partial charge in [-0.25, -0.2) is 9.18 Å². The van der Waals surface area contributed by atoms with Gasteiger partial charge in [0.15, 0.2) is 0 Å². The van der Waals surface area contributed by atoms with E-state index in [-0.39, 0.29) is 17.2 Å². The van der Waals surface area contributed by atoms with Crippen LogP contribution in [0.15, 0.2) is 48.5 Å². The van der Waals surface area contributed by atoms with Crippen molar-refractivity contribution in [3.05, 3.63) is 65.5 Å². The first kappa shape index (κ1) is 18.8. The molecule has 0 bridgehead atoms. The lowest BCUT2D eigenvalue weighted by Crippen LogP contribution is -2.44. The topological polar surface area (TPSA) is 65.1 Å². The van der Waals surface area contributed by atoms with E-state index in [1.807, 2.05) is 0 Å². The summed E-state index contributed by atoms with van der Waals surface area (Å²) >= 11 is 0. The standard InChI is InChI=1S/C20H20FNO5/c1-25-15-7-8-16(17(21)13-15)20(24)27-18(14-5-3-2-4-6-14)19(23)22-9-11-26-12-10-22/h2-8,13,18H,9-12H2,1H3/t18-/m0/s1. The van der Waals surface area contributed by atoms with Crippen LogP contribution in [0.3, 0.4) is 0 Å². The number of hydrogen-bond acceptors (Lipinski definition) is 5. The molecule has 1 aliphatic heterocycles. The van der Waals surface area contributed by atoms with Crippen molar-refractivity contribution in [2.75, 3.05) is 33.4 Å². The van der Waals surface area contributed by atoms with Crippen LogP contribution in [0.2, 0.25) is 0 Å². The van der Waals surface area contributed by atoms with Gasteiger partial charge in [0.25, 0.3) is 5.91 Å². The van der Waals surface area contributed by atoms with Gasteiger partial charge in [-0.1, -0.05) is 30.3 Å². The Balaban J connectivity index is 1.85. The number of ether oxygens (including phenoxy) is 3. The van der Waals surface area contributed by atoms with Crippen molar-refractivity contribution in [1.82, 2.24) is 4.90 Å². The van der Waals surface area contributed by atoms with E-state index in [0.29, 0.717) is 31.9 Å². The van der Waals surface area contributed by atoms with Crippen LogP contribution >= 0.6 is 0 Å². The zero-order valence-corrected chi connectivity index (χ0v) is 14.9. The fourth-order valence-corrected chi connectivity index (χ4v) is 2.80. The number of halogens is 1. The molecule has 1 aliphatic rings. The molecule has 1 fully saturated rings. The number of morpholine rings is 1. The number of nitrogens with zero attached hydrogens (tertiary/aromatic N) is 1. The summed E-state index contributed by atoms with van der Waals surface area (Å²) in [6, 6.07) is 12.5. The van der Waals surface area contributed by atoms with Crippen LogP contribution in [-0.2, 0) is 14.3 Å². The van der Waals surface area contributed by atoms with Gasteiger partial charge in [-0.15, -0.1) is 0 Å².